The highest BCUT2D eigenvalue weighted by molar-refractivity contribution is 14.0. The lowest BCUT2D eigenvalue weighted by atomic mass is 10.3. The molecule has 2 aromatic heterocycles. The summed E-state index contributed by atoms with van der Waals surface area (Å²) in [5, 5.41) is 7.43. The molecule has 1 N–H and O–H groups in total. The molecule has 1 aliphatic rings. The molecule has 1 fully saturated rings. The molecular weight excluding hydrogens is 505 g/mol. The molecule has 1 saturated heterocycles. The third-order valence-corrected chi connectivity index (χ3v) is 5.43. The molecule has 0 amide bonds. The number of rotatable bonds is 4. The first-order valence-corrected chi connectivity index (χ1v) is 9.17. The van der Waals surface area contributed by atoms with E-state index in [9.17, 15) is 0 Å². The number of guanidine groups is 1. The van der Waals surface area contributed by atoms with Gasteiger partial charge < -0.3 is 14.7 Å². The number of thiophene rings is 1. The molecular formula is C15H21BrIN5OS. The van der Waals surface area contributed by atoms with E-state index in [2.05, 4.69) is 53.3 Å². The van der Waals surface area contributed by atoms with E-state index in [4.69, 9.17) is 4.52 Å². The summed E-state index contributed by atoms with van der Waals surface area (Å²) in [5.41, 5.74) is 0.990. The lowest BCUT2D eigenvalue weighted by Gasteiger charge is -2.36. The number of hydrogen-bond acceptors (Lipinski definition) is 5. The first kappa shape index (κ1) is 19.7. The summed E-state index contributed by atoms with van der Waals surface area (Å²) in [4.78, 5) is 10.4. The van der Waals surface area contributed by atoms with Crippen LogP contribution in [0.3, 0.4) is 0 Å². The Morgan fingerprint density at radius 1 is 1.33 bits per heavy atom. The van der Waals surface area contributed by atoms with Crippen LogP contribution < -0.4 is 5.32 Å². The minimum Gasteiger partial charge on any atom is -0.364 e. The molecule has 3 heterocycles. The van der Waals surface area contributed by atoms with Gasteiger partial charge in [-0.25, -0.2) is 0 Å². The van der Waals surface area contributed by atoms with E-state index < -0.39 is 0 Å². The fraction of sp³-hybridized carbons (Fsp3) is 0.467. The number of aromatic nitrogens is 1. The van der Waals surface area contributed by atoms with Gasteiger partial charge in [0.1, 0.15) is 6.26 Å². The van der Waals surface area contributed by atoms with Crippen molar-refractivity contribution in [3.05, 3.63) is 38.8 Å². The Morgan fingerprint density at radius 2 is 2.12 bits per heavy atom. The Labute approximate surface area is 171 Å². The van der Waals surface area contributed by atoms with E-state index in [1.54, 1.807) is 17.6 Å². The minimum atomic E-state index is 0. The number of nitrogens with zero attached hydrogens (tertiary/aromatic N) is 4. The van der Waals surface area contributed by atoms with Crippen molar-refractivity contribution in [3.8, 4) is 0 Å². The zero-order valence-electron chi connectivity index (χ0n) is 13.4. The average Bonchev–Trinajstić information content (AvgIpc) is 3.21. The van der Waals surface area contributed by atoms with Crippen molar-refractivity contribution in [2.75, 3.05) is 33.2 Å². The van der Waals surface area contributed by atoms with Gasteiger partial charge in [0.15, 0.2) is 5.96 Å². The molecule has 3 rings (SSSR count). The van der Waals surface area contributed by atoms with Crippen LogP contribution in [-0.2, 0) is 13.1 Å². The normalized spacial score (nSPS) is 16.1. The first-order chi connectivity index (χ1) is 11.2. The fourth-order valence-corrected chi connectivity index (χ4v) is 4.03. The van der Waals surface area contributed by atoms with E-state index in [-0.39, 0.29) is 24.0 Å². The monoisotopic (exact) mass is 525 g/mol. The molecule has 9 heteroatoms. The van der Waals surface area contributed by atoms with Crippen molar-refractivity contribution in [1.29, 1.82) is 0 Å². The SMILES string of the molecule is CN=C(NCc1ccc(Br)s1)N1CCN(Cc2ccon2)CC1.I. The summed E-state index contributed by atoms with van der Waals surface area (Å²) in [6.07, 6.45) is 1.63. The Bertz CT molecular complexity index is 640. The molecule has 0 saturated carbocycles. The summed E-state index contributed by atoms with van der Waals surface area (Å²) in [5.74, 6) is 0.968. The standard InChI is InChI=1S/C15H20BrN5OS.HI/c1-17-15(18-10-13-2-3-14(16)23-13)21-7-5-20(6-8-21)11-12-4-9-22-19-12;/h2-4,9H,5-8,10-11H2,1H3,(H,17,18);1H. The van der Waals surface area contributed by atoms with Crippen molar-refractivity contribution in [3.63, 3.8) is 0 Å². The van der Waals surface area contributed by atoms with E-state index in [0.29, 0.717) is 0 Å². The zero-order valence-corrected chi connectivity index (χ0v) is 18.2. The Kier molecular flexibility index (Phi) is 7.98. The molecule has 0 radical (unpaired) electrons. The van der Waals surface area contributed by atoms with Crippen LogP contribution in [0.15, 0.2) is 37.8 Å². The van der Waals surface area contributed by atoms with Crippen LogP contribution in [0, 0.1) is 0 Å². The fourth-order valence-electron chi connectivity index (χ4n) is 2.61. The van der Waals surface area contributed by atoms with Crippen molar-refractivity contribution < 1.29 is 4.52 Å². The Morgan fingerprint density at radius 3 is 2.71 bits per heavy atom. The van der Waals surface area contributed by atoms with Gasteiger partial charge in [0.2, 0.25) is 0 Å². The Balaban J connectivity index is 0.00000208. The van der Waals surface area contributed by atoms with Crippen LogP contribution >= 0.6 is 51.2 Å². The number of halogens is 2. The highest BCUT2D eigenvalue weighted by Gasteiger charge is 2.20. The lowest BCUT2D eigenvalue weighted by molar-refractivity contribution is 0.169. The highest BCUT2D eigenvalue weighted by atomic mass is 127. The molecule has 0 bridgehead atoms. The molecule has 132 valence electrons. The van der Waals surface area contributed by atoms with Crippen LogP contribution in [0.25, 0.3) is 0 Å². The third kappa shape index (κ3) is 5.43. The van der Waals surface area contributed by atoms with Crippen LogP contribution in [0.2, 0.25) is 0 Å². The molecule has 0 aromatic carbocycles. The number of nitrogens with one attached hydrogen (secondary N) is 1. The van der Waals surface area contributed by atoms with E-state index in [1.807, 2.05) is 13.1 Å². The summed E-state index contributed by atoms with van der Waals surface area (Å²) < 4.78 is 6.05. The summed E-state index contributed by atoms with van der Waals surface area (Å²) in [6.45, 7) is 5.58. The summed E-state index contributed by atoms with van der Waals surface area (Å²) in [6, 6.07) is 6.13. The third-order valence-electron chi connectivity index (χ3n) is 3.81. The Hall–Kier alpha value is -0.650. The van der Waals surface area contributed by atoms with Gasteiger partial charge >= 0.3 is 0 Å². The second-order valence-corrected chi connectivity index (χ2v) is 7.91. The number of aliphatic imine (C=N–C) groups is 1. The van der Waals surface area contributed by atoms with Crippen molar-refractivity contribution in [2.24, 2.45) is 4.99 Å². The van der Waals surface area contributed by atoms with Gasteiger partial charge in [-0.2, -0.15) is 0 Å². The maximum Gasteiger partial charge on any atom is 0.194 e. The van der Waals surface area contributed by atoms with Gasteiger partial charge in [-0.15, -0.1) is 35.3 Å². The van der Waals surface area contributed by atoms with Gasteiger partial charge in [-0.3, -0.25) is 9.89 Å². The van der Waals surface area contributed by atoms with Crippen LogP contribution in [-0.4, -0.2) is 54.1 Å². The number of piperazine rings is 1. The van der Waals surface area contributed by atoms with Gasteiger partial charge in [-0.1, -0.05) is 5.16 Å². The predicted octanol–water partition coefficient (Wildman–Crippen LogP) is 3.01. The highest BCUT2D eigenvalue weighted by Crippen LogP contribution is 2.21. The smallest absolute Gasteiger partial charge is 0.194 e. The molecule has 6 nitrogen and oxygen atoms in total. The first-order valence-electron chi connectivity index (χ1n) is 7.56. The molecule has 0 atom stereocenters. The van der Waals surface area contributed by atoms with Crippen molar-refractivity contribution >= 4 is 57.2 Å². The van der Waals surface area contributed by atoms with Crippen LogP contribution in [0.4, 0.5) is 0 Å². The minimum absolute atomic E-state index is 0. The topological polar surface area (TPSA) is 56.9 Å². The van der Waals surface area contributed by atoms with Gasteiger partial charge in [0.05, 0.1) is 16.0 Å². The van der Waals surface area contributed by atoms with Crippen molar-refractivity contribution in [2.45, 2.75) is 13.1 Å². The van der Waals surface area contributed by atoms with Gasteiger partial charge in [0.25, 0.3) is 0 Å². The van der Waals surface area contributed by atoms with Crippen molar-refractivity contribution in [1.82, 2.24) is 20.3 Å². The molecule has 2 aromatic rings. The molecule has 0 unspecified atom stereocenters. The maximum atomic E-state index is 4.89. The molecule has 1 aliphatic heterocycles. The maximum absolute atomic E-state index is 4.89. The largest absolute Gasteiger partial charge is 0.364 e. The van der Waals surface area contributed by atoms with E-state index >= 15 is 0 Å². The molecule has 24 heavy (non-hydrogen) atoms. The van der Waals surface area contributed by atoms with E-state index in [0.717, 1.165) is 54.7 Å². The zero-order chi connectivity index (χ0) is 16.1. The van der Waals surface area contributed by atoms with Gasteiger partial charge in [-0.05, 0) is 28.1 Å². The second-order valence-electron chi connectivity index (χ2n) is 5.36. The summed E-state index contributed by atoms with van der Waals surface area (Å²) >= 11 is 5.24. The van der Waals surface area contributed by atoms with E-state index in [1.165, 1.54) is 4.88 Å². The summed E-state index contributed by atoms with van der Waals surface area (Å²) in [7, 11) is 1.84. The molecule has 0 spiro atoms. The van der Waals surface area contributed by atoms with Crippen LogP contribution in [0.5, 0.6) is 0 Å². The lowest BCUT2D eigenvalue weighted by Crippen LogP contribution is -2.52. The number of hydrogen-bond donors (Lipinski definition) is 1. The predicted molar refractivity (Wildman–Crippen MR) is 111 cm³/mol. The molecule has 0 aliphatic carbocycles. The second kappa shape index (κ2) is 9.73. The quantitative estimate of drug-likeness (QED) is 0.378. The average molecular weight is 526 g/mol. The van der Waals surface area contributed by atoms with Gasteiger partial charge in [0, 0.05) is 50.7 Å². The van der Waals surface area contributed by atoms with Crippen LogP contribution in [0.1, 0.15) is 10.6 Å².